The summed E-state index contributed by atoms with van der Waals surface area (Å²) in [6.07, 6.45) is -3.80. The molecule has 1 aliphatic heterocycles. The molecule has 3 atom stereocenters. The van der Waals surface area contributed by atoms with E-state index in [0.29, 0.717) is 12.8 Å². The zero-order valence-corrected chi connectivity index (χ0v) is 14.9. The second kappa shape index (κ2) is 6.26. The maximum absolute atomic E-state index is 13.8. The van der Waals surface area contributed by atoms with Gasteiger partial charge in [0.05, 0.1) is 5.92 Å². The molecule has 2 aliphatic rings. The van der Waals surface area contributed by atoms with Crippen LogP contribution in [0, 0.1) is 11.8 Å². The monoisotopic (exact) mass is 369 g/mol. The fourth-order valence-electron chi connectivity index (χ4n) is 3.64. The minimum Gasteiger partial charge on any atom is -0.378 e. The van der Waals surface area contributed by atoms with E-state index in [0.717, 1.165) is 5.69 Å². The highest BCUT2D eigenvalue weighted by molar-refractivity contribution is 5.99. The minimum atomic E-state index is -5.00. The highest BCUT2D eigenvalue weighted by atomic mass is 19.4. The number of carbonyl (C=O) groups is 1. The van der Waals surface area contributed by atoms with Gasteiger partial charge < -0.3 is 10.0 Å². The van der Waals surface area contributed by atoms with Crippen LogP contribution in [0.25, 0.3) is 0 Å². The number of nitrogens with zero attached hydrogens (tertiary/aromatic N) is 3. The zero-order chi connectivity index (χ0) is 19.3. The van der Waals surface area contributed by atoms with E-state index in [9.17, 15) is 23.1 Å². The largest absolute Gasteiger partial charge is 0.439 e. The van der Waals surface area contributed by atoms with Crippen molar-refractivity contribution in [1.82, 2.24) is 5.01 Å². The van der Waals surface area contributed by atoms with Gasteiger partial charge in [-0.3, -0.25) is 4.79 Å². The molecular weight excluding hydrogens is 347 g/mol. The Hall–Kier alpha value is -2.09. The first kappa shape index (κ1) is 18.7. The number of hydrogen-bond acceptors (Lipinski definition) is 4. The van der Waals surface area contributed by atoms with Crippen molar-refractivity contribution in [2.45, 2.75) is 38.1 Å². The van der Waals surface area contributed by atoms with E-state index in [1.807, 2.05) is 25.9 Å². The Bertz CT molecular complexity index is 730. The number of rotatable bonds is 2. The molecular formula is C18H22F3N3O2. The Balaban J connectivity index is 1.98. The molecule has 0 spiro atoms. The van der Waals surface area contributed by atoms with E-state index in [2.05, 4.69) is 5.10 Å². The Morgan fingerprint density at radius 1 is 1.31 bits per heavy atom. The van der Waals surface area contributed by atoms with Crippen LogP contribution < -0.4 is 4.90 Å². The maximum Gasteiger partial charge on any atom is 0.439 e. The molecule has 0 saturated heterocycles. The topological polar surface area (TPSA) is 56.1 Å². The summed E-state index contributed by atoms with van der Waals surface area (Å²) >= 11 is 0. The van der Waals surface area contributed by atoms with Crippen molar-refractivity contribution in [3.8, 4) is 0 Å². The van der Waals surface area contributed by atoms with Crippen LogP contribution in [0.15, 0.2) is 29.4 Å². The van der Waals surface area contributed by atoms with Gasteiger partial charge in [0.25, 0.3) is 11.6 Å². The lowest BCUT2D eigenvalue weighted by molar-refractivity contribution is -0.313. The Morgan fingerprint density at radius 2 is 1.92 bits per heavy atom. The fourth-order valence-corrected chi connectivity index (χ4v) is 3.64. The first-order valence-electron chi connectivity index (χ1n) is 8.54. The van der Waals surface area contributed by atoms with Gasteiger partial charge in [-0.1, -0.05) is 6.92 Å². The Labute approximate surface area is 150 Å². The summed E-state index contributed by atoms with van der Waals surface area (Å²) in [7, 11) is 3.63. The van der Waals surface area contributed by atoms with Gasteiger partial charge in [0, 0.05) is 31.1 Å². The number of halogens is 3. The van der Waals surface area contributed by atoms with Gasteiger partial charge in [-0.2, -0.15) is 23.3 Å². The van der Waals surface area contributed by atoms with Crippen molar-refractivity contribution in [3.63, 3.8) is 0 Å². The lowest BCUT2D eigenvalue weighted by Crippen LogP contribution is -2.61. The van der Waals surface area contributed by atoms with E-state index in [-0.39, 0.29) is 28.6 Å². The van der Waals surface area contributed by atoms with Gasteiger partial charge in [-0.15, -0.1) is 0 Å². The van der Waals surface area contributed by atoms with Crippen LogP contribution in [-0.2, 0) is 0 Å². The number of aliphatic hydroxyl groups is 1. The van der Waals surface area contributed by atoms with Crippen LogP contribution in [0.4, 0.5) is 18.9 Å². The Morgan fingerprint density at radius 3 is 2.46 bits per heavy atom. The third-order valence-corrected chi connectivity index (χ3v) is 5.21. The highest BCUT2D eigenvalue weighted by Gasteiger charge is 2.68. The number of alkyl halides is 3. The molecule has 26 heavy (non-hydrogen) atoms. The first-order chi connectivity index (χ1) is 12.1. The van der Waals surface area contributed by atoms with E-state index in [4.69, 9.17) is 0 Å². The molecule has 1 N–H and O–H groups in total. The molecule has 5 nitrogen and oxygen atoms in total. The van der Waals surface area contributed by atoms with Crippen LogP contribution in [0.3, 0.4) is 0 Å². The smallest absolute Gasteiger partial charge is 0.378 e. The number of fused-ring (bicyclic) bond motifs is 1. The minimum absolute atomic E-state index is 0.0299. The summed E-state index contributed by atoms with van der Waals surface area (Å²) in [5.74, 6) is -2.14. The van der Waals surface area contributed by atoms with Gasteiger partial charge >= 0.3 is 6.18 Å². The number of carbonyl (C=O) groups excluding carboxylic acids is 1. The lowest BCUT2D eigenvalue weighted by Gasteiger charge is -2.39. The second-order valence-corrected chi connectivity index (χ2v) is 7.31. The molecule has 3 rings (SSSR count). The van der Waals surface area contributed by atoms with E-state index < -0.39 is 23.7 Å². The summed E-state index contributed by atoms with van der Waals surface area (Å²) in [4.78, 5) is 14.6. The molecule has 1 heterocycles. The number of hydrazone groups is 1. The molecule has 142 valence electrons. The van der Waals surface area contributed by atoms with Crippen molar-refractivity contribution < 1.29 is 23.1 Å². The van der Waals surface area contributed by atoms with Crippen molar-refractivity contribution in [2.24, 2.45) is 16.9 Å². The third-order valence-electron chi connectivity index (χ3n) is 5.21. The van der Waals surface area contributed by atoms with Crippen molar-refractivity contribution in [3.05, 3.63) is 29.8 Å². The standard InChI is InChI=1S/C18H22F3N3O2/c1-11-4-9-15-14(10-11)17(26,18(19,20)21)24(22-15)16(25)12-5-7-13(8-6-12)23(2)3/h5-8,11,14,26H,4,9-10H2,1-3H3/t11-,14-,17+/m1/s1. The van der Waals surface area contributed by atoms with Gasteiger partial charge in [-0.05, 0) is 49.4 Å². The summed E-state index contributed by atoms with van der Waals surface area (Å²) in [5.41, 5.74) is -2.19. The third kappa shape index (κ3) is 2.86. The van der Waals surface area contributed by atoms with E-state index in [1.54, 1.807) is 12.1 Å². The SMILES string of the molecule is C[C@@H]1CCC2=NN(C(=O)c3ccc(N(C)C)cc3)[C@@](O)(C(F)(F)F)[C@@H]2C1. The second-order valence-electron chi connectivity index (χ2n) is 7.31. The molecule has 8 heteroatoms. The van der Waals surface area contributed by atoms with Crippen LogP contribution in [0.5, 0.6) is 0 Å². The van der Waals surface area contributed by atoms with Crippen molar-refractivity contribution >= 4 is 17.3 Å². The summed E-state index contributed by atoms with van der Waals surface area (Å²) < 4.78 is 41.4. The molecule has 1 fully saturated rings. The van der Waals surface area contributed by atoms with Crippen LogP contribution >= 0.6 is 0 Å². The van der Waals surface area contributed by atoms with Gasteiger partial charge in [-0.25, -0.2) is 0 Å². The zero-order valence-electron chi connectivity index (χ0n) is 14.9. The highest BCUT2D eigenvalue weighted by Crippen LogP contribution is 2.49. The van der Waals surface area contributed by atoms with Gasteiger partial charge in [0.1, 0.15) is 0 Å². The van der Waals surface area contributed by atoms with E-state index >= 15 is 0 Å². The number of hydrogen-bond donors (Lipinski definition) is 1. The predicted molar refractivity (Wildman–Crippen MR) is 91.9 cm³/mol. The van der Waals surface area contributed by atoms with E-state index in [1.165, 1.54) is 12.1 Å². The van der Waals surface area contributed by atoms with Gasteiger partial charge in [0.2, 0.25) is 0 Å². The average Bonchev–Trinajstić information content (AvgIpc) is 2.88. The van der Waals surface area contributed by atoms with Crippen molar-refractivity contribution in [2.75, 3.05) is 19.0 Å². The predicted octanol–water partition coefficient (Wildman–Crippen LogP) is 3.25. The fraction of sp³-hybridized carbons (Fsp3) is 0.556. The molecule has 0 aromatic heterocycles. The summed E-state index contributed by atoms with van der Waals surface area (Å²) in [6, 6.07) is 6.16. The summed E-state index contributed by atoms with van der Waals surface area (Å²) in [6.45, 7) is 1.85. The normalized spacial score (nSPS) is 28.6. The molecule has 0 unspecified atom stereocenters. The van der Waals surface area contributed by atoms with Crippen molar-refractivity contribution in [1.29, 1.82) is 0 Å². The molecule has 0 bridgehead atoms. The molecule has 1 aliphatic carbocycles. The maximum atomic E-state index is 13.8. The Kier molecular flexibility index (Phi) is 4.50. The molecule has 1 aromatic rings. The average molecular weight is 369 g/mol. The van der Waals surface area contributed by atoms with Crippen LogP contribution in [0.2, 0.25) is 0 Å². The first-order valence-corrected chi connectivity index (χ1v) is 8.54. The molecule has 1 saturated carbocycles. The number of benzene rings is 1. The number of amides is 1. The molecule has 1 aromatic carbocycles. The van der Waals surface area contributed by atoms with Crippen LogP contribution in [0.1, 0.15) is 36.5 Å². The van der Waals surface area contributed by atoms with Gasteiger partial charge in [0.15, 0.2) is 0 Å². The summed E-state index contributed by atoms with van der Waals surface area (Å²) in [5, 5.41) is 14.8. The van der Waals surface area contributed by atoms with Crippen LogP contribution in [-0.4, -0.2) is 47.7 Å². The quantitative estimate of drug-likeness (QED) is 0.871. The molecule has 0 radical (unpaired) electrons. The lowest BCUT2D eigenvalue weighted by atomic mass is 9.76. The molecule has 1 amide bonds. The number of anilines is 1.